The van der Waals surface area contributed by atoms with Gasteiger partial charge in [0, 0.05) is 48.6 Å². The Kier molecular flexibility index (Phi) is 12.1. The zero-order valence-corrected chi connectivity index (χ0v) is 29.3. The lowest BCUT2D eigenvalue weighted by atomic mass is 9.66. The van der Waals surface area contributed by atoms with Crippen LogP contribution in [0.5, 0.6) is 5.88 Å². The SMILES string of the molecule is CC1(C(=O)O)CCC(C(=O)O)C1(C)C.COc1ccc(C2(O)CCC(N3CC[C@@H](NC(=O)CNC(=O)c4cccc(C(F)(F)F)c4)C3)CC2)cn1. The van der Waals surface area contributed by atoms with Gasteiger partial charge in [0.15, 0.2) is 0 Å². The predicted octanol–water partition coefficient (Wildman–Crippen LogP) is 4.46. The summed E-state index contributed by atoms with van der Waals surface area (Å²) in [5.74, 6) is -2.97. The molecule has 15 heteroatoms. The van der Waals surface area contributed by atoms with Crippen LogP contribution in [0.15, 0.2) is 42.6 Å². The molecule has 3 fully saturated rings. The van der Waals surface area contributed by atoms with Gasteiger partial charge in [0.05, 0.1) is 36.2 Å². The standard InChI is InChI=1S/C26H31F3N4O4.C10H16O4/c1-37-23-6-5-19(14-30-23)25(36)10-7-21(8-11-25)33-12-9-20(16-33)32-22(34)15-31-24(35)17-3-2-4-18(13-17)26(27,28)29;1-9(2)6(7(11)12)4-5-10(9,3)8(13)14/h2-6,13-14,20-21,36H,7-12,15-16H2,1H3,(H,31,35)(H,32,34);6H,4-5H2,1-3H3,(H,11,12)(H,13,14)/t20-,21?,25?;/m1./s1. The summed E-state index contributed by atoms with van der Waals surface area (Å²) in [4.78, 5) is 53.1. The fourth-order valence-corrected chi connectivity index (χ4v) is 7.44. The first kappa shape index (κ1) is 39.5. The van der Waals surface area contributed by atoms with Crippen LogP contribution < -0.4 is 15.4 Å². The lowest BCUT2D eigenvalue weighted by molar-refractivity contribution is -0.157. The van der Waals surface area contributed by atoms with E-state index in [4.69, 9.17) is 14.9 Å². The van der Waals surface area contributed by atoms with Gasteiger partial charge in [0.1, 0.15) is 0 Å². The number of carboxylic acids is 2. The second kappa shape index (κ2) is 15.6. The van der Waals surface area contributed by atoms with Crippen molar-refractivity contribution in [1.82, 2.24) is 20.5 Å². The Morgan fingerprint density at radius 2 is 1.69 bits per heavy atom. The van der Waals surface area contributed by atoms with Crippen molar-refractivity contribution in [1.29, 1.82) is 0 Å². The molecule has 1 aromatic carbocycles. The Hall–Kier alpha value is -4.24. The van der Waals surface area contributed by atoms with Crippen LogP contribution in [-0.2, 0) is 26.2 Å². The second-order valence-corrected chi connectivity index (χ2v) is 14.4. The van der Waals surface area contributed by atoms with E-state index in [0.29, 0.717) is 44.1 Å². The van der Waals surface area contributed by atoms with E-state index >= 15 is 0 Å². The Morgan fingerprint density at radius 3 is 2.22 bits per heavy atom. The number of ether oxygens (including phenoxy) is 1. The number of pyridine rings is 1. The molecule has 12 nitrogen and oxygen atoms in total. The molecule has 1 saturated heterocycles. The van der Waals surface area contributed by atoms with E-state index < -0.39 is 57.8 Å². The number of alkyl halides is 3. The molecule has 0 radical (unpaired) electrons. The van der Waals surface area contributed by atoms with Gasteiger partial charge in [-0.05, 0) is 81.5 Å². The van der Waals surface area contributed by atoms with Crippen LogP contribution in [0.3, 0.4) is 0 Å². The molecule has 280 valence electrons. The van der Waals surface area contributed by atoms with Crippen molar-refractivity contribution in [2.24, 2.45) is 16.7 Å². The molecule has 1 aliphatic heterocycles. The van der Waals surface area contributed by atoms with Gasteiger partial charge in [-0.1, -0.05) is 19.9 Å². The largest absolute Gasteiger partial charge is 0.481 e. The normalized spacial score (nSPS) is 27.5. The molecule has 2 heterocycles. The monoisotopic (exact) mass is 720 g/mol. The average molecular weight is 721 g/mol. The topological polar surface area (TPSA) is 178 Å². The lowest BCUT2D eigenvalue weighted by Gasteiger charge is -2.39. The van der Waals surface area contributed by atoms with E-state index in [1.54, 1.807) is 40.1 Å². The number of nitrogens with zero attached hydrogens (tertiary/aromatic N) is 2. The highest BCUT2D eigenvalue weighted by molar-refractivity contribution is 5.96. The number of halogens is 3. The number of carboxylic acid groups (broad SMARTS) is 2. The molecule has 3 atom stereocenters. The number of carbonyl (C=O) groups is 4. The quantitative estimate of drug-likeness (QED) is 0.249. The fourth-order valence-electron chi connectivity index (χ4n) is 7.44. The minimum absolute atomic E-state index is 0.0791. The first-order valence-electron chi connectivity index (χ1n) is 17.0. The number of aliphatic carboxylic acids is 2. The van der Waals surface area contributed by atoms with Crippen molar-refractivity contribution in [3.8, 4) is 5.88 Å². The number of rotatable bonds is 9. The van der Waals surface area contributed by atoms with Gasteiger partial charge in [-0.3, -0.25) is 24.1 Å². The van der Waals surface area contributed by atoms with Gasteiger partial charge in [0.25, 0.3) is 5.91 Å². The summed E-state index contributed by atoms with van der Waals surface area (Å²) in [5, 5.41) is 34.5. The molecule has 0 spiro atoms. The zero-order valence-electron chi connectivity index (χ0n) is 29.3. The number of hydrogen-bond donors (Lipinski definition) is 5. The Labute approximate surface area is 294 Å². The first-order chi connectivity index (χ1) is 23.8. The molecule has 2 unspecified atom stereocenters. The minimum Gasteiger partial charge on any atom is -0.481 e. The van der Waals surface area contributed by atoms with E-state index in [2.05, 4.69) is 20.5 Å². The third kappa shape index (κ3) is 8.98. The highest BCUT2D eigenvalue weighted by atomic mass is 19.4. The fraction of sp³-hybridized carbons (Fsp3) is 0.583. The summed E-state index contributed by atoms with van der Waals surface area (Å²) in [6.45, 7) is 6.26. The van der Waals surface area contributed by atoms with Gasteiger partial charge in [-0.25, -0.2) is 4.98 Å². The molecule has 0 bridgehead atoms. The van der Waals surface area contributed by atoms with Crippen LogP contribution in [0.1, 0.15) is 87.2 Å². The number of aromatic nitrogens is 1. The molecule has 51 heavy (non-hydrogen) atoms. The van der Waals surface area contributed by atoms with Gasteiger partial charge >= 0.3 is 18.1 Å². The molecule has 1 aromatic heterocycles. The molecule has 5 N–H and O–H groups in total. The van der Waals surface area contributed by atoms with E-state index in [-0.39, 0.29) is 18.2 Å². The second-order valence-electron chi connectivity index (χ2n) is 14.4. The molecule has 5 rings (SSSR count). The number of benzene rings is 1. The van der Waals surface area contributed by atoms with Gasteiger partial charge in [0.2, 0.25) is 11.8 Å². The van der Waals surface area contributed by atoms with Gasteiger partial charge in [-0.2, -0.15) is 13.2 Å². The highest BCUT2D eigenvalue weighted by Gasteiger charge is 2.58. The summed E-state index contributed by atoms with van der Waals surface area (Å²) >= 11 is 0. The van der Waals surface area contributed by atoms with Crippen LogP contribution in [0.4, 0.5) is 13.2 Å². The van der Waals surface area contributed by atoms with E-state index in [1.807, 2.05) is 6.07 Å². The number of nitrogens with one attached hydrogen (secondary N) is 2. The van der Waals surface area contributed by atoms with Crippen molar-refractivity contribution in [3.63, 3.8) is 0 Å². The Balaban J connectivity index is 0.000000349. The van der Waals surface area contributed by atoms with Crippen LogP contribution in [0, 0.1) is 16.7 Å². The predicted molar refractivity (Wildman–Crippen MR) is 179 cm³/mol. The molecule has 2 aliphatic carbocycles. The van der Waals surface area contributed by atoms with Gasteiger partial charge < -0.3 is 30.7 Å². The summed E-state index contributed by atoms with van der Waals surface area (Å²) in [6, 6.07) is 7.89. The smallest absolute Gasteiger partial charge is 0.416 e. The number of likely N-dealkylation sites (tertiary alicyclic amines) is 1. The van der Waals surface area contributed by atoms with Crippen LogP contribution in [0.25, 0.3) is 0 Å². The number of aliphatic hydroxyl groups is 1. The van der Waals surface area contributed by atoms with Gasteiger partial charge in [-0.15, -0.1) is 0 Å². The maximum absolute atomic E-state index is 12.9. The Morgan fingerprint density at radius 1 is 1.00 bits per heavy atom. The van der Waals surface area contributed by atoms with Crippen molar-refractivity contribution in [2.75, 3.05) is 26.7 Å². The summed E-state index contributed by atoms with van der Waals surface area (Å²) in [5.41, 5.74) is -2.82. The van der Waals surface area contributed by atoms with Crippen LogP contribution in [0.2, 0.25) is 0 Å². The number of carbonyl (C=O) groups excluding carboxylic acids is 2. The van der Waals surface area contributed by atoms with E-state index in [9.17, 15) is 37.5 Å². The zero-order chi connectivity index (χ0) is 37.8. The molecular formula is C36H47F3N4O8. The lowest BCUT2D eigenvalue weighted by Crippen LogP contribution is -2.45. The third-order valence-electron chi connectivity index (χ3n) is 11.2. The third-order valence-corrected chi connectivity index (χ3v) is 11.2. The van der Waals surface area contributed by atoms with Crippen molar-refractivity contribution >= 4 is 23.8 Å². The van der Waals surface area contributed by atoms with Crippen LogP contribution in [-0.4, -0.2) is 87.8 Å². The first-order valence-corrected chi connectivity index (χ1v) is 17.0. The van der Waals surface area contributed by atoms with Crippen molar-refractivity contribution in [3.05, 3.63) is 59.3 Å². The highest BCUT2D eigenvalue weighted by Crippen LogP contribution is 2.56. The average Bonchev–Trinajstić information content (AvgIpc) is 3.65. The van der Waals surface area contributed by atoms with Crippen LogP contribution >= 0.6 is 0 Å². The summed E-state index contributed by atoms with van der Waals surface area (Å²) in [6.07, 6.45) is 1.61. The maximum Gasteiger partial charge on any atom is 0.416 e. The molecule has 2 aromatic rings. The van der Waals surface area contributed by atoms with E-state index in [1.165, 1.54) is 6.07 Å². The number of hydrogen-bond acceptors (Lipinski definition) is 8. The van der Waals surface area contributed by atoms with E-state index in [0.717, 1.165) is 49.6 Å². The summed E-state index contributed by atoms with van der Waals surface area (Å²) < 4.78 is 43.7. The molecular weight excluding hydrogens is 673 g/mol. The van der Waals surface area contributed by atoms with Crippen molar-refractivity contribution in [2.45, 2.75) is 89.6 Å². The molecule has 3 aliphatic rings. The molecule has 2 amide bonds. The maximum atomic E-state index is 12.9. The minimum atomic E-state index is -4.55. The Bertz CT molecular complexity index is 1580. The summed E-state index contributed by atoms with van der Waals surface area (Å²) in [7, 11) is 1.55. The van der Waals surface area contributed by atoms with Crippen molar-refractivity contribution < 1.29 is 52.4 Å². The number of methoxy groups -OCH3 is 1. The number of amides is 2. The molecule has 2 saturated carbocycles.